The highest BCUT2D eigenvalue weighted by molar-refractivity contribution is 5.78. The number of rotatable bonds is 5. The Morgan fingerprint density at radius 2 is 2.06 bits per heavy atom. The number of primary amides is 1. The van der Waals surface area contributed by atoms with Gasteiger partial charge in [0, 0.05) is 11.6 Å². The van der Waals surface area contributed by atoms with Crippen molar-refractivity contribution in [3.8, 4) is 11.5 Å². The summed E-state index contributed by atoms with van der Waals surface area (Å²) in [4.78, 5) is 10.9. The topological polar surface area (TPSA) is 81.8 Å². The van der Waals surface area contributed by atoms with Crippen molar-refractivity contribution in [3.63, 3.8) is 0 Å². The van der Waals surface area contributed by atoms with Crippen molar-refractivity contribution in [1.29, 1.82) is 0 Å². The van der Waals surface area contributed by atoms with Crippen LogP contribution >= 0.6 is 0 Å². The summed E-state index contributed by atoms with van der Waals surface area (Å²) in [6.07, 6.45) is -1.46. The van der Waals surface area contributed by atoms with Crippen LogP contribution < -0.4 is 15.2 Å². The van der Waals surface area contributed by atoms with Gasteiger partial charge >= 0.3 is 0 Å². The second-order valence-electron chi connectivity index (χ2n) is 3.74. The first kappa shape index (κ1) is 13.3. The maximum absolute atomic E-state index is 10.9. The van der Waals surface area contributed by atoms with Gasteiger partial charge < -0.3 is 20.3 Å². The highest BCUT2D eigenvalue weighted by Crippen LogP contribution is 2.30. The van der Waals surface area contributed by atoms with Crippen LogP contribution in [0.2, 0.25) is 0 Å². The smallest absolute Gasteiger partial charge is 0.258 e. The van der Waals surface area contributed by atoms with Gasteiger partial charge in [0.15, 0.2) is 6.10 Å². The Kier molecular flexibility index (Phi) is 4.34. The molecule has 2 atom stereocenters. The minimum Gasteiger partial charge on any atom is -0.497 e. The number of nitrogens with two attached hydrogens (primary N) is 1. The summed E-state index contributed by atoms with van der Waals surface area (Å²) in [5.41, 5.74) is 5.71. The van der Waals surface area contributed by atoms with Gasteiger partial charge in [0.25, 0.3) is 5.91 Å². The highest BCUT2D eigenvalue weighted by atomic mass is 16.5. The minimum absolute atomic E-state index is 0.394. The molecule has 0 saturated heterocycles. The zero-order valence-corrected chi connectivity index (χ0v) is 10.1. The van der Waals surface area contributed by atoms with Crippen molar-refractivity contribution in [3.05, 3.63) is 23.8 Å². The lowest BCUT2D eigenvalue weighted by atomic mass is 10.1. The molecule has 0 fully saturated rings. The molecule has 0 aliphatic carbocycles. The van der Waals surface area contributed by atoms with E-state index in [-0.39, 0.29) is 0 Å². The van der Waals surface area contributed by atoms with Gasteiger partial charge in [-0.25, -0.2) is 0 Å². The first-order valence-corrected chi connectivity index (χ1v) is 5.27. The zero-order valence-electron chi connectivity index (χ0n) is 10.1. The first-order valence-electron chi connectivity index (χ1n) is 5.27. The van der Waals surface area contributed by atoms with Crippen molar-refractivity contribution in [2.75, 3.05) is 7.11 Å². The maximum atomic E-state index is 10.9. The molecular weight excluding hydrogens is 222 g/mol. The van der Waals surface area contributed by atoms with Crippen LogP contribution in [0.15, 0.2) is 18.2 Å². The molecule has 0 spiro atoms. The number of hydrogen-bond acceptors (Lipinski definition) is 4. The molecule has 3 N–H and O–H groups in total. The lowest BCUT2D eigenvalue weighted by Crippen LogP contribution is -2.31. The minimum atomic E-state index is -0.764. The summed E-state index contributed by atoms with van der Waals surface area (Å²) in [5, 5.41) is 9.58. The zero-order chi connectivity index (χ0) is 13.0. The standard InChI is InChI=1S/C12H17NO4/c1-7(14)10-5-4-9(16-3)6-11(10)17-8(2)12(13)15/h4-8,14H,1-3H3,(H2,13,15). The SMILES string of the molecule is COc1ccc(C(C)O)c(OC(C)C(N)=O)c1. The highest BCUT2D eigenvalue weighted by Gasteiger charge is 2.16. The predicted molar refractivity (Wildman–Crippen MR) is 62.9 cm³/mol. The number of amides is 1. The number of carbonyl (C=O) groups is 1. The van der Waals surface area contributed by atoms with Gasteiger partial charge in [-0.2, -0.15) is 0 Å². The third kappa shape index (κ3) is 3.35. The summed E-state index contributed by atoms with van der Waals surface area (Å²) < 4.78 is 10.4. The average molecular weight is 239 g/mol. The molecule has 5 heteroatoms. The third-order valence-corrected chi connectivity index (χ3v) is 2.38. The Balaban J connectivity index is 3.04. The average Bonchev–Trinajstić information content (AvgIpc) is 2.28. The number of aliphatic hydroxyl groups excluding tert-OH is 1. The number of aliphatic hydroxyl groups is 1. The second-order valence-corrected chi connectivity index (χ2v) is 3.74. The van der Waals surface area contributed by atoms with Crippen molar-refractivity contribution >= 4 is 5.91 Å². The van der Waals surface area contributed by atoms with E-state index < -0.39 is 18.1 Å². The number of benzene rings is 1. The van der Waals surface area contributed by atoms with Crippen LogP contribution in [0.1, 0.15) is 25.5 Å². The Bertz CT molecular complexity index is 403. The van der Waals surface area contributed by atoms with E-state index in [0.717, 1.165) is 0 Å². The summed E-state index contributed by atoms with van der Waals surface area (Å²) in [6, 6.07) is 5.01. The summed E-state index contributed by atoms with van der Waals surface area (Å²) in [6.45, 7) is 3.16. The first-order chi connectivity index (χ1) is 7.95. The van der Waals surface area contributed by atoms with E-state index in [2.05, 4.69) is 0 Å². The van der Waals surface area contributed by atoms with Gasteiger partial charge in [0.05, 0.1) is 13.2 Å². The molecule has 1 aromatic carbocycles. The molecule has 0 aliphatic rings. The lowest BCUT2D eigenvalue weighted by molar-refractivity contribution is -0.124. The van der Waals surface area contributed by atoms with Gasteiger partial charge in [0.1, 0.15) is 11.5 Å². The summed E-state index contributed by atoms with van der Waals surface area (Å²) >= 11 is 0. The summed E-state index contributed by atoms with van der Waals surface area (Å²) in [7, 11) is 1.53. The van der Waals surface area contributed by atoms with Gasteiger partial charge in [-0.05, 0) is 26.0 Å². The fourth-order valence-corrected chi connectivity index (χ4v) is 1.34. The molecule has 0 heterocycles. The van der Waals surface area contributed by atoms with E-state index in [4.69, 9.17) is 15.2 Å². The number of hydrogen-bond donors (Lipinski definition) is 2. The van der Waals surface area contributed by atoms with E-state index in [0.29, 0.717) is 17.1 Å². The van der Waals surface area contributed by atoms with Crippen LogP contribution in [-0.2, 0) is 4.79 Å². The fraction of sp³-hybridized carbons (Fsp3) is 0.417. The van der Waals surface area contributed by atoms with Crippen molar-refractivity contribution in [2.45, 2.75) is 26.1 Å². The normalized spacial score (nSPS) is 13.9. The molecule has 1 amide bonds. The molecule has 1 rings (SSSR count). The predicted octanol–water partition coefficient (Wildman–Crippen LogP) is 1.00. The van der Waals surface area contributed by atoms with E-state index in [1.165, 1.54) is 7.11 Å². The molecule has 2 unspecified atom stereocenters. The number of ether oxygens (including phenoxy) is 2. The van der Waals surface area contributed by atoms with E-state index in [1.54, 1.807) is 32.0 Å². The van der Waals surface area contributed by atoms with Crippen molar-refractivity contribution in [1.82, 2.24) is 0 Å². The van der Waals surface area contributed by atoms with E-state index >= 15 is 0 Å². The van der Waals surface area contributed by atoms with Gasteiger partial charge in [-0.3, -0.25) is 4.79 Å². The van der Waals surface area contributed by atoms with Crippen LogP contribution in [0.5, 0.6) is 11.5 Å². The van der Waals surface area contributed by atoms with Crippen LogP contribution in [0.3, 0.4) is 0 Å². The largest absolute Gasteiger partial charge is 0.497 e. The summed E-state index contributed by atoms with van der Waals surface area (Å²) in [5.74, 6) is 0.413. The van der Waals surface area contributed by atoms with E-state index in [1.807, 2.05) is 0 Å². The second kappa shape index (κ2) is 5.54. The van der Waals surface area contributed by atoms with E-state index in [9.17, 15) is 9.90 Å². The van der Waals surface area contributed by atoms with Gasteiger partial charge in [-0.1, -0.05) is 0 Å². The molecule has 0 saturated carbocycles. The van der Waals surface area contributed by atoms with Gasteiger partial charge in [-0.15, -0.1) is 0 Å². The third-order valence-electron chi connectivity index (χ3n) is 2.38. The Morgan fingerprint density at radius 3 is 2.53 bits per heavy atom. The molecule has 1 aromatic rings. The Labute approximate surface area is 100 Å². The Hall–Kier alpha value is -1.75. The molecule has 0 aromatic heterocycles. The monoisotopic (exact) mass is 239 g/mol. The van der Waals surface area contributed by atoms with Crippen molar-refractivity contribution < 1.29 is 19.4 Å². The molecular formula is C12H17NO4. The molecule has 0 radical (unpaired) electrons. The number of carbonyl (C=O) groups excluding carboxylic acids is 1. The lowest BCUT2D eigenvalue weighted by Gasteiger charge is -2.17. The molecule has 0 aliphatic heterocycles. The van der Waals surface area contributed by atoms with Crippen LogP contribution in [0, 0.1) is 0 Å². The number of methoxy groups -OCH3 is 1. The van der Waals surface area contributed by atoms with Crippen molar-refractivity contribution in [2.24, 2.45) is 5.73 Å². The fourth-order valence-electron chi connectivity index (χ4n) is 1.34. The molecule has 17 heavy (non-hydrogen) atoms. The molecule has 94 valence electrons. The molecule has 5 nitrogen and oxygen atoms in total. The Morgan fingerprint density at radius 1 is 1.41 bits per heavy atom. The van der Waals surface area contributed by atoms with Crippen LogP contribution in [0.25, 0.3) is 0 Å². The van der Waals surface area contributed by atoms with Gasteiger partial charge in [0.2, 0.25) is 0 Å². The molecule has 0 bridgehead atoms. The van der Waals surface area contributed by atoms with Crippen LogP contribution in [-0.4, -0.2) is 24.2 Å². The quantitative estimate of drug-likeness (QED) is 0.803. The maximum Gasteiger partial charge on any atom is 0.258 e. The van der Waals surface area contributed by atoms with Crippen LogP contribution in [0.4, 0.5) is 0 Å².